The van der Waals surface area contributed by atoms with E-state index in [-0.39, 0.29) is 22.9 Å². The number of ether oxygens (including phenoxy) is 1. The summed E-state index contributed by atoms with van der Waals surface area (Å²) in [4.78, 5) is 25.4. The predicted molar refractivity (Wildman–Crippen MR) is 103 cm³/mol. The lowest BCUT2D eigenvalue weighted by atomic mass is 10.0. The van der Waals surface area contributed by atoms with Crippen LogP contribution in [0.2, 0.25) is 5.02 Å². The van der Waals surface area contributed by atoms with E-state index >= 15 is 0 Å². The summed E-state index contributed by atoms with van der Waals surface area (Å²) in [6, 6.07) is 7.99. The van der Waals surface area contributed by atoms with Crippen molar-refractivity contribution in [1.29, 1.82) is 0 Å². The van der Waals surface area contributed by atoms with E-state index in [9.17, 15) is 9.59 Å². The number of carbonyl (C=O) groups excluding carboxylic acids is 1. The molecule has 1 N–H and O–H groups in total. The zero-order chi connectivity index (χ0) is 19.8. The molecule has 1 aromatic carbocycles. The summed E-state index contributed by atoms with van der Waals surface area (Å²) in [5.74, 6) is -0.448. The fourth-order valence-electron chi connectivity index (χ4n) is 4.29. The van der Waals surface area contributed by atoms with E-state index in [4.69, 9.17) is 21.4 Å². The second-order valence-corrected chi connectivity index (χ2v) is 8.08. The Morgan fingerprint density at radius 1 is 1.29 bits per heavy atom. The van der Waals surface area contributed by atoms with Crippen molar-refractivity contribution in [3.05, 3.63) is 52.3 Å². The molecule has 3 atom stereocenters. The number of rotatable bonds is 4. The summed E-state index contributed by atoms with van der Waals surface area (Å²) in [6.07, 6.45) is 3.33. The van der Waals surface area contributed by atoms with Gasteiger partial charge in [-0.1, -0.05) is 41.4 Å². The number of nitrogens with zero attached hydrogens (tertiary/aromatic N) is 3. The van der Waals surface area contributed by atoms with Crippen LogP contribution < -0.4 is 0 Å². The van der Waals surface area contributed by atoms with Gasteiger partial charge in [-0.2, -0.15) is 9.78 Å². The molecule has 2 fully saturated rings. The molecule has 4 rings (SSSR count). The van der Waals surface area contributed by atoms with Crippen LogP contribution in [0.1, 0.15) is 34.5 Å². The molecule has 1 saturated heterocycles. The molecule has 0 spiro atoms. The molecule has 0 unspecified atom stereocenters. The molecule has 0 bridgehead atoms. The number of carboxylic acid groups (broad SMARTS) is 1. The van der Waals surface area contributed by atoms with Crippen LogP contribution in [0.5, 0.6) is 0 Å². The zero-order valence-electron chi connectivity index (χ0n) is 15.5. The van der Waals surface area contributed by atoms with E-state index in [2.05, 4.69) is 30.2 Å². The standard InChI is InChI=1S/C20H22ClN3O4/c1-12-3-2-4-13(5-12)11-28-16-6-14-8-23(9-15(14)7-16)20(27)24-10-17(21)18(22-24)19(25)26/h2-5,10,14-16H,6-9,11H2,1H3,(H,25,26)/t14-,15+,16+. The van der Waals surface area contributed by atoms with Gasteiger partial charge < -0.3 is 14.7 Å². The van der Waals surface area contributed by atoms with Crippen molar-refractivity contribution in [3.63, 3.8) is 0 Å². The van der Waals surface area contributed by atoms with Gasteiger partial charge in [0.2, 0.25) is 0 Å². The van der Waals surface area contributed by atoms with E-state index in [0.29, 0.717) is 31.5 Å². The summed E-state index contributed by atoms with van der Waals surface area (Å²) >= 11 is 5.85. The number of aryl methyl sites for hydroxylation is 1. The Morgan fingerprint density at radius 3 is 2.61 bits per heavy atom. The van der Waals surface area contributed by atoms with Crippen molar-refractivity contribution in [2.24, 2.45) is 11.8 Å². The highest BCUT2D eigenvalue weighted by Crippen LogP contribution is 2.40. The van der Waals surface area contributed by atoms with Gasteiger partial charge in [-0.05, 0) is 37.2 Å². The molecule has 1 saturated carbocycles. The van der Waals surface area contributed by atoms with Gasteiger partial charge in [0.05, 0.1) is 23.9 Å². The molecular weight excluding hydrogens is 382 g/mol. The number of amides is 1. The van der Waals surface area contributed by atoms with Gasteiger partial charge in [-0.3, -0.25) is 0 Å². The number of hydrogen-bond donors (Lipinski definition) is 1. The van der Waals surface area contributed by atoms with E-state index in [1.807, 2.05) is 6.07 Å². The maximum atomic E-state index is 12.6. The molecule has 28 heavy (non-hydrogen) atoms. The molecule has 148 valence electrons. The Labute approximate surface area is 167 Å². The topological polar surface area (TPSA) is 84.7 Å². The maximum absolute atomic E-state index is 12.6. The monoisotopic (exact) mass is 403 g/mol. The van der Waals surface area contributed by atoms with Gasteiger partial charge in [0.1, 0.15) is 0 Å². The first kappa shape index (κ1) is 19.0. The SMILES string of the molecule is Cc1cccc(CO[C@H]2C[C@@H]3CN(C(=O)n4cc(Cl)c(C(=O)O)n4)C[C@@H]3C2)c1. The van der Waals surface area contributed by atoms with E-state index < -0.39 is 5.97 Å². The summed E-state index contributed by atoms with van der Waals surface area (Å²) in [5.41, 5.74) is 2.10. The molecule has 2 heterocycles. The number of fused-ring (bicyclic) bond motifs is 1. The van der Waals surface area contributed by atoms with Crippen LogP contribution in [-0.4, -0.2) is 51.0 Å². The molecular formula is C20H22ClN3O4. The van der Waals surface area contributed by atoms with Crippen molar-refractivity contribution >= 4 is 23.6 Å². The number of benzene rings is 1. The Balaban J connectivity index is 1.32. The summed E-state index contributed by atoms with van der Waals surface area (Å²) in [7, 11) is 0. The molecule has 1 amide bonds. The van der Waals surface area contributed by atoms with Crippen LogP contribution in [0.3, 0.4) is 0 Å². The smallest absolute Gasteiger partial charge is 0.357 e. The minimum atomic E-state index is -1.25. The lowest BCUT2D eigenvalue weighted by Gasteiger charge is -2.19. The van der Waals surface area contributed by atoms with Crippen molar-refractivity contribution in [3.8, 4) is 0 Å². The molecule has 1 aromatic heterocycles. The second kappa shape index (κ2) is 7.56. The number of aromatic nitrogens is 2. The molecule has 7 nitrogen and oxygen atoms in total. The van der Waals surface area contributed by atoms with E-state index in [0.717, 1.165) is 17.5 Å². The highest BCUT2D eigenvalue weighted by Gasteiger charge is 2.43. The van der Waals surface area contributed by atoms with Crippen molar-refractivity contribution in [2.45, 2.75) is 32.5 Å². The highest BCUT2D eigenvalue weighted by molar-refractivity contribution is 6.33. The molecule has 2 aliphatic rings. The Kier molecular flexibility index (Phi) is 5.12. The summed E-state index contributed by atoms with van der Waals surface area (Å²) in [6.45, 7) is 3.95. The third-order valence-electron chi connectivity index (χ3n) is 5.61. The van der Waals surface area contributed by atoms with Crippen LogP contribution >= 0.6 is 11.6 Å². The van der Waals surface area contributed by atoms with Gasteiger partial charge in [0, 0.05) is 13.1 Å². The number of hydrogen-bond acceptors (Lipinski definition) is 4. The fourth-order valence-corrected chi connectivity index (χ4v) is 4.50. The number of carbonyl (C=O) groups is 2. The Bertz CT molecular complexity index is 899. The first-order valence-electron chi connectivity index (χ1n) is 9.35. The minimum Gasteiger partial charge on any atom is -0.476 e. The van der Waals surface area contributed by atoms with E-state index in [1.54, 1.807) is 4.90 Å². The zero-order valence-corrected chi connectivity index (χ0v) is 16.3. The van der Waals surface area contributed by atoms with Gasteiger partial charge in [0.15, 0.2) is 5.69 Å². The quantitative estimate of drug-likeness (QED) is 0.845. The average molecular weight is 404 g/mol. The minimum absolute atomic E-state index is 0.0372. The third-order valence-corrected chi connectivity index (χ3v) is 5.89. The average Bonchev–Trinajstić information content (AvgIpc) is 3.32. The van der Waals surface area contributed by atoms with Gasteiger partial charge in [-0.15, -0.1) is 0 Å². The third kappa shape index (κ3) is 3.77. The maximum Gasteiger partial charge on any atom is 0.357 e. The van der Waals surface area contributed by atoms with Crippen LogP contribution in [0.25, 0.3) is 0 Å². The molecule has 1 aliphatic carbocycles. The fraction of sp³-hybridized carbons (Fsp3) is 0.450. The van der Waals surface area contributed by atoms with Crippen molar-refractivity contribution < 1.29 is 19.4 Å². The molecule has 1 aliphatic heterocycles. The van der Waals surface area contributed by atoms with Crippen molar-refractivity contribution in [1.82, 2.24) is 14.7 Å². The molecule has 0 radical (unpaired) electrons. The first-order valence-corrected chi connectivity index (χ1v) is 9.73. The number of halogens is 1. The summed E-state index contributed by atoms with van der Waals surface area (Å²) in [5, 5.41) is 12.8. The number of likely N-dealkylation sites (tertiary alicyclic amines) is 1. The van der Waals surface area contributed by atoms with Gasteiger partial charge in [-0.25, -0.2) is 9.59 Å². The number of carboxylic acids is 1. The van der Waals surface area contributed by atoms with Crippen LogP contribution in [0.4, 0.5) is 4.79 Å². The second-order valence-electron chi connectivity index (χ2n) is 7.68. The van der Waals surface area contributed by atoms with Crippen LogP contribution in [0, 0.1) is 18.8 Å². The largest absolute Gasteiger partial charge is 0.476 e. The highest BCUT2D eigenvalue weighted by atomic mass is 35.5. The first-order chi connectivity index (χ1) is 13.4. The van der Waals surface area contributed by atoms with E-state index in [1.165, 1.54) is 17.3 Å². The lowest BCUT2D eigenvalue weighted by molar-refractivity contribution is 0.0383. The normalized spacial score (nSPS) is 23.8. The Hall–Kier alpha value is -2.38. The summed E-state index contributed by atoms with van der Waals surface area (Å²) < 4.78 is 7.13. The number of aromatic carboxylic acids is 1. The van der Waals surface area contributed by atoms with Crippen molar-refractivity contribution in [2.75, 3.05) is 13.1 Å². The lowest BCUT2D eigenvalue weighted by Crippen LogP contribution is -2.34. The van der Waals surface area contributed by atoms with Crippen LogP contribution in [0.15, 0.2) is 30.5 Å². The van der Waals surface area contributed by atoms with Gasteiger partial charge in [0.25, 0.3) is 0 Å². The van der Waals surface area contributed by atoms with Gasteiger partial charge >= 0.3 is 12.0 Å². The molecule has 2 aromatic rings. The van der Waals surface area contributed by atoms with Crippen LogP contribution in [-0.2, 0) is 11.3 Å². The molecule has 8 heteroatoms. The predicted octanol–water partition coefficient (Wildman–Crippen LogP) is 3.44. The Morgan fingerprint density at radius 2 is 2.00 bits per heavy atom.